The van der Waals surface area contributed by atoms with Crippen LogP contribution in [-0.4, -0.2) is 5.91 Å². The maximum atomic E-state index is 10.9. The Morgan fingerprint density at radius 1 is 1.29 bits per heavy atom. The Labute approximate surface area is 82.6 Å². The number of hydrogen-bond donors (Lipinski definition) is 1. The first-order valence-corrected chi connectivity index (χ1v) is 4.44. The smallest absolute Gasteiger partial charge is 0.221 e. The fourth-order valence-corrected chi connectivity index (χ4v) is 1.45. The summed E-state index contributed by atoms with van der Waals surface area (Å²) >= 11 is 0. The van der Waals surface area contributed by atoms with E-state index in [1.807, 2.05) is 36.4 Å². The van der Waals surface area contributed by atoms with Gasteiger partial charge in [-0.1, -0.05) is 30.3 Å². The molecule has 0 spiro atoms. The van der Waals surface area contributed by atoms with E-state index in [2.05, 4.69) is 11.4 Å². The van der Waals surface area contributed by atoms with E-state index in [0.717, 1.165) is 16.5 Å². The van der Waals surface area contributed by atoms with E-state index in [-0.39, 0.29) is 5.91 Å². The van der Waals surface area contributed by atoms with Crippen LogP contribution in [0.15, 0.2) is 36.4 Å². The zero-order chi connectivity index (χ0) is 9.97. The van der Waals surface area contributed by atoms with Crippen molar-refractivity contribution in [1.29, 1.82) is 0 Å². The van der Waals surface area contributed by atoms with Gasteiger partial charge in [-0.15, -0.1) is 0 Å². The number of anilines is 1. The number of benzene rings is 2. The average molecular weight is 184 g/mol. The highest BCUT2D eigenvalue weighted by Crippen LogP contribution is 2.22. The second-order valence-corrected chi connectivity index (χ2v) is 3.12. The van der Waals surface area contributed by atoms with Crippen LogP contribution < -0.4 is 5.32 Å². The van der Waals surface area contributed by atoms with E-state index in [1.165, 1.54) is 6.92 Å². The number of fused-ring (bicyclic) bond motifs is 1. The second kappa shape index (κ2) is 3.50. The molecule has 1 N–H and O–H groups in total. The highest BCUT2D eigenvalue weighted by Gasteiger charge is 2.00. The Balaban J connectivity index is 2.59. The molecule has 0 bridgehead atoms. The predicted molar refractivity (Wildman–Crippen MR) is 57.1 cm³/mol. The molecule has 0 saturated heterocycles. The molecule has 0 heterocycles. The Kier molecular flexibility index (Phi) is 2.19. The van der Waals surface area contributed by atoms with Crippen molar-refractivity contribution in [2.75, 3.05) is 5.32 Å². The molecule has 2 aromatic carbocycles. The molecule has 0 aliphatic heterocycles. The molecular weight excluding hydrogens is 174 g/mol. The fraction of sp³-hybridized carbons (Fsp3) is 0.0833. The first kappa shape index (κ1) is 8.75. The molecule has 2 rings (SSSR count). The number of nitrogens with one attached hydrogen (secondary N) is 1. The van der Waals surface area contributed by atoms with Crippen LogP contribution in [0.4, 0.5) is 5.69 Å². The van der Waals surface area contributed by atoms with Gasteiger partial charge in [0.05, 0.1) is 0 Å². The third-order valence-electron chi connectivity index (χ3n) is 2.02. The summed E-state index contributed by atoms with van der Waals surface area (Å²) in [6, 6.07) is 14.6. The number of carbonyl (C=O) groups is 1. The normalized spacial score (nSPS) is 10.1. The molecule has 1 amide bonds. The number of carbonyl (C=O) groups excluding carboxylic acids is 1. The van der Waals surface area contributed by atoms with E-state index >= 15 is 0 Å². The molecule has 0 aromatic heterocycles. The molecule has 14 heavy (non-hydrogen) atoms. The van der Waals surface area contributed by atoms with Crippen LogP contribution in [0.2, 0.25) is 0 Å². The van der Waals surface area contributed by atoms with Crippen molar-refractivity contribution in [3.63, 3.8) is 0 Å². The minimum atomic E-state index is -0.0543. The zero-order valence-corrected chi connectivity index (χ0v) is 7.87. The monoisotopic (exact) mass is 184 g/mol. The van der Waals surface area contributed by atoms with E-state index < -0.39 is 0 Å². The van der Waals surface area contributed by atoms with Gasteiger partial charge in [-0.3, -0.25) is 4.79 Å². The Morgan fingerprint density at radius 3 is 2.86 bits per heavy atom. The Morgan fingerprint density at radius 2 is 2.07 bits per heavy atom. The third-order valence-corrected chi connectivity index (χ3v) is 2.02. The van der Waals surface area contributed by atoms with Gasteiger partial charge >= 0.3 is 0 Å². The fourth-order valence-electron chi connectivity index (χ4n) is 1.45. The summed E-state index contributed by atoms with van der Waals surface area (Å²) < 4.78 is 0. The molecule has 0 fully saturated rings. The van der Waals surface area contributed by atoms with Crippen molar-refractivity contribution in [2.24, 2.45) is 0 Å². The minimum absolute atomic E-state index is 0.0543. The van der Waals surface area contributed by atoms with E-state index in [0.29, 0.717) is 0 Å². The molecule has 69 valence electrons. The van der Waals surface area contributed by atoms with Crippen molar-refractivity contribution in [2.45, 2.75) is 6.92 Å². The molecule has 0 atom stereocenters. The standard InChI is InChI=1S/C12H10NO/c1-9(14)13-12-8-4-6-10-5-2-3-7-11(10)12/h2-5,7-8H,1H3,(H,13,14). The van der Waals surface area contributed by atoms with Gasteiger partial charge in [-0.2, -0.15) is 0 Å². The minimum Gasteiger partial charge on any atom is -0.326 e. The van der Waals surface area contributed by atoms with Crippen LogP contribution in [0.25, 0.3) is 10.8 Å². The lowest BCUT2D eigenvalue weighted by atomic mass is 10.1. The van der Waals surface area contributed by atoms with E-state index in [1.54, 1.807) is 0 Å². The van der Waals surface area contributed by atoms with Crippen LogP contribution in [0.3, 0.4) is 0 Å². The lowest BCUT2D eigenvalue weighted by Gasteiger charge is -2.05. The molecule has 2 aromatic rings. The summed E-state index contributed by atoms with van der Waals surface area (Å²) in [6.45, 7) is 1.51. The number of amides is 1. The highest BCUT2D eigenvalue weighted by atomic mass is 16.1. The summed E-state index contributed by atoms with van der Waals surface area (Å²) in [6.07, 6.45) is 0. The maximum Gasteiger partial charge on any atom is 0.221 e. The Hall–Kier alpha value is -1.83. The van der Waals surface area contributed by atoms with Crippen LogP contribution in [0.5, 0.6) is 0 Å². The molecule has 0 saturated carbocycles. The second-order valence-electron chi connectivity index (χ2n) is 3.12. The number of hydrogen-bond acceptors (Lipinski definition) is 1. The SMILES string of the molecule is CC(=O)Nc1cc[c]c2ccccc12. The summed E-state index contributed by atoms with van der Waals surface area (Å²) in [4.78, 5) is 10.9. The molecular formula is C12H10NO. The van der Waals surface area contributed by atoms with Crippen LogP contribution in [0, 0.1) is 6.07 Å². The average Bonchev–Trinajstić information content (AvgIpc) is 2.18. The topological polar surface area (TPSA) is 29.1 Å². The zero-order valence-electron chi connectivity index (χ0n) is 7.87. The van der Waals surface area contributed by atoms with Crippen molar-refractivity contribution < 1.29 is 4.79 Å². The Bertz CT molecular complexity index is 471. The summed E-state index contributed by atoms with van der Waals surface area (Å²) in [5.41, 5.74) is 0.840. The lowest BCUT2D eigenvalue weighted by molar-refractivity contribution is -0.114. The first-order chi connectivity index (χ1) is 6.77. The van der Waals surface area contributed by atoms with Crippen LogP contribution >= 0.6 is 0 Å². The quantitative estimate of drug-likeness (QED) is 0.725. The summed E-state index contributed by atoms with van der Waals surface area (Å²) in [5, 5.41) is 4.82. The van der Waals surface area contributed by atoms with Crippen molar-refractivity contribution >= 4 is 22.4 Å². The highest BCUT2D eigenvalue weighted by molar-refractivity contribution is 6.01. The molecule has 0 unspecified atom stereocenters. The number of rotatable bonds is 1. The van der Waals surface area contributed by atoms with Gasteiger partial charge in [0.2, 0.25) is 5.91 Å². The maximum absolute atomic E-state index is 10.9. The van der Waals surface area contributed by atoms with Crippen LogP contribution in [-0.2, 0) is 4.79 Å². The largest absolute Gasteiger partial charge is 0.326 e. The molecule has 2 heteroatoms. The summed E-state index contributed by atoms with van der Waals surface area (Å²) in [5.74, 6) is -0.0543. The van der Waals surface area contributed by atoms with Gasteiger partial charge in [0.15, 0.2) is 0 Å². The van der Waals surface area contributed by atoms with Gasteiger partial charge < -0.3 is 5.32 Å². The first-order valence-electron chi connectivity index (χ1n) is 4.44. The molecule has 1 radical (unpaired) electrons. The molecule has 0 aliphatic rings. The summed E-state index contributed by atoms with van der Waals surface area (Å²) in [7, 11) is 0. The van der Waals surface area contributed by atoms with Crippen LogP contribution in [0.1, 0.15) is 6.92 Å². The van der Waals surface area contributed by atoms with Crippen molar-refractivity contribution in [3.05, 3.63) is 42.5 Å². The van der Waals surface area contributed by atoms with Gasteiger partial charge in [0.25, 0.3) is 0 Å². The van der Waals surface area contributed by atoms with E-state index in [9.17, 15) is 4.79 Å². The molecule has 2 nitrogen and oxygen atoms in total. The lowest BCUT2D eigenvalue weighted by Crippen LogP contribution is -2.05. The third kappa shape index (κ3) is 1.59. The molecule has 0 aliphatic carbocycles. The van der Waals surface area contributed by atoms with Gasteiger partial charge in [0.1, 0.15) is 0 Å². The van der Waals surface area contributed by atoms with Crippen molar-refractivity contribution in [1.82, 2.24) is 0 Å². The van der Waals surface area contributed by atoms with Gasteiger partial charge in [0, 0.05) is 18.0 Å². The van der Waals surface area contributed by atoms with Gasteiger partial charge in [-0.25, -0.2) is 0 Å². The van der Waals surface area contributed by atoms with Gasteiger partial charge in [-0.05, 0) is 17.5 Å². The predicted octanol–water partition coefficient (Wildman–Crippen LogP) is 2.60. The van der Waals surface area contributed by atoms with E-state index in [4.69, 9.17) is 0 Å². The van der Waals surface area contributed by atoms with Crippen molar-refractivity contribution in [3.8, 4) is 0 Å².